The number of carbonyl (C=O) groups excluding carboxylic acids is 3. The highest BCUT2D eigenvalue weighted by molar-refractivity contribution is 7.91. The van der Waals surface area contributed by atoms with Crippen LogP contribution in [0.4, 0.5) is 0 Å². The number of allylic oxidation sites excluding steroid dienone is 5. The van der Waals surface area contributed by atoms with E-state index in [4.69, 9.17) is 4.74 Å². The number of ketones is 2. The fraction of sp³-hybridized carbons (Fsp3) is 0.464. The molecule has 2 rings (SSSR count). The molecule has 0 N–H and O–H groups in total. The van der Waals surface area contributed by atoms with Crippen LogP contribution in [-0.2, 0) is 19.4 Å². The zero-order valence-electron chi connectivity index (χ0n) is 20.9. The second kappa shape index (κ2) is 13.3. The van der Waals surface area contributed by atoms with E-state index in [0.717, 1.165) is 25.7 Å². The van der Waals surface area contributed by atoms with Crippen molar-refractivity contribution in [2.75, 3.05) is 12.4 Å². The van der Waals surface area contributed by atoms with Crippen molar-refractivity contribution in [2.45, 2.75) is 64.5 Å². The SMILES string of the molecule is C=C1/C=C\C=C/CC(=O)c2cc(C(C)S(=O)(=O)CCC(=O)OCC(CC)CCCC)ccc2C1=O. The van der Waals surface area contributed by atoms with Crippen molar-refractivity contribution in [3.63, 3.8) is 0 Å². The molecule has 6 nitrogen and oxygen atoms in total. The van der Waals surface area contributed by atoms with Crippen LogP contribution in [0, 0.1) is 5.92 Å². The topological polar surface area (TPSA) is 94.6 Å². The summed E-state index contributed by atoms with van der Waals surface area (Å²) in [6, 6.07) is 4.50. The number of carbonyl (C=O) groups is 3. The smallest absolute Gasteiger partial charge is 0.306 e. The molecule has 35 heavy (non-hydrogen) atoms. The lowest BCUT2D eigenvalue weighted by molar-refractivity contribution is -0.144. The Morgan fingerprint density at radius 1 is 1.14 bits per heavy atom. The lowest BCUT2D eigenvalue weighted by Gasteiger charge is -2.17. The van der Waals surface area contributed by atoms with Crippen molar-refractivity contribution in [3.8, 4) is 0 Å². The number of hydrogen-bond donors (Lipinski definition) is 0. The van der Waals surface area contributed by atoms with Gasteiger partial charge in [0.15, 0.2) is 21.4 Å². The fourth-order valence-electron chi connectivity index (χ4n) is 3.82. The zero-order chi connectivity index (χ0) is 26.0. The molecule has 0 radical (unpaired) electrons. The normalized spacial score (nSPS) is 17.9. The Morgan fingerprint density at radius 3 is 2.57 bits per heavy atom. The summed E-state index contributed by atoms with van der Waals surface area (Å²) in [6.07, 6.45) is 10.5. The van der Waals surface area contributed by atoms with E-state index in [1.807, 2.05) is 6.92 Å². The standard InChI is InChI=1S/C28H36O6S/c1-5-7-12-22(6-2)19-34-27(30)16-17-35(32,33)21(4)23-14-15-24-25(18-23)26(29)13-10-8-9-11-20(3)28(24)31/h8-11,14-15,18,21-22H,3,5-7,12-13,16-17,19H2,1-2,4H3/b10-8-,11-9-. The first kappa shape index (κ1) is 28.4. The van der Waals surface area contributed by atoms with Crippen molar-refractivity contribution >= 4 is 27.4 Å². The molecule has 190 valence electrons. The monoisotopic (exact) mass is 500 g/mol. The molecule has 1 aromatic rings. The number of esters is 1. The van der Waals surface area contributed by atoms with Gasteiger partial charge in [0, 0.05) is 23.1 Å². The Kier molecular flexibility index (Phi) is 10.8. The maximum atomic E-state index is 13.0. The first-order valence-electron chi connectivity index (χ1n) is 12.2. The number of benzene rings is 1. The first-order valence-corrected chi connectivity index (χ1v) is 13.9. The lowest BCUT2D eigenvalue weighted by Crippen LogP contribution is -2.20. The maximum absolute atomic E-state index is 13.0. The van der Waals surface area contributed by atoms with E-state index >= 15 is 0 Å². The third kappa shape index (κ3) is 8.13. The second-order valence-electron chi connectivity index (χ2n) is 8.93. The molecule has 1 aromatic carbocycles. The molecule has 2 unspecified atom stereocenters. The third-order valence-corrected chi connectivity index (χ3v) is 8.47. The average molecular weight is 501 g/mol. The summed E-state index contributed by atoms with van der Waals surface area (Å²) < 4.78 is 31.3. The number of rotatable bonds is 11. The van der Waals surface area contributed by atoms with Gasteiger partial charge < -0.3 is 4.74 Å². The van der Waals surface area contributed by atoms with E-state index in [-0.39, 0.29) is 52.8 Å². The van der Waals surface area contributed by atoms with Crippen LogP contribution in [-0.4, -0.2) is 38.3 Å². The first-order chi connectivity index (χ1) is 16.6. The summed E-state index contributed by atoms with van der Waals surface area (Å²) in [5, 5.41) is -0.953. The Morgan fingerprint density at radius 2 is 1.89 bits per heavy atom. The highest BCUT2D eigenvalue weighted by Crippen LogP contribution is 2.28. The minimum Gasteiger partial charge on any atom is -0.465 e. The zero-order valence-corrected chi connectivity index (χ0v) is 21.7. The van der Waals surface area contributed by atoms with E-state index in [1.165, 1.54) is 19.1 Å². The molecule has 0 saturated heterocycles. The molecule has 0 fully saturated rings. The minimum absolute atomic E-state index is 0.0878. The summed E-state index contributed by atoms with van der Waals surface area (Å²) in [4.78, 5) is 37.7. The van der Waals surface area contributed by atoms with Gasteiger partial charge >= 0.3 is 5.97 Å². The summed E-state index contributed by atoms with van der Waals surface area (Å²) in [5.74, 6) is -1.26. The van der Waals surface area contributed by atoms with Gasteiger partial charge in [-0.3, -0.25) is 14.4 Å². The molecule has 0 spiro atoms. The van der Waals surface area contributed by atoms with Crippen LogP contribution in [0.25, 0.3) is 0 Å². The van der Waals surface area contributed by atoms with Gasteiger partial charge in [0.25, 0.3) is 0 Å². The Labute approximate surface area is 209 Å². The average Bonchev–Trinajstić information content (AvgIpc) is 2.85. The molecule has 0 aromatic heterocycles. The molecular weight excluding hydrogens is 464 g/mol. The Balaban J connectivity index is 2.13. The van der Waals surface area contributed by atoms with Crippen molar-refractivity contribution in [1.29, 1.82) is 0 Å². The molecule has 0 bridgehead atoms. The summed E-state index contributed by atoms with van der Waals surface area (Å²) >= 11 is 0. The fourth-order valence-corrected chi connectivity index (χ4v) is 5.18. The van der Waals surface area contributed by atoms with Crippen molar-refractivity contribution in [3.05, 3.63) is 71.3 Å². The van der Waals surface area contributed by atoms with Gasteiger partial charge in [-0.05, 0) is 37.0 Å². The van der Waals surface area contributed by atoms with Gasteiger partial charge in [-0.1, -0.05) is 70.1 Å². The van der Waals surface area contributed by atoms with Crippen LogP contribution in [0.15, 0.2) is 54.7 Å². The molecule has 0 heterocycles. The Hall–Kier alpha value is -2.80. The minimum atomic E-state index is -3.70. The summed E-state index contributed by atoms with van der Waals surface area (Å²) in [5.41, 5.74) is 1.00. The summed E-state index contributed by atoms with van der Waals surface area (Å²) in [7, 11) is -3.70. The van der Waals surface area contributed by atoms with Crippen molar-refractivity contribution in [2.24, 2.45) is 5.92 Å². The predicted molar refractivity (Wildman–Crippen MR) is 138 cm³/mol. The largest absolute Gasteiger partial charge is 0.465 e. The van der Waals surface area contributed by atoms with Gasteiger partial charge in [0.1, 0.15) is 0 Å². The maximum Gasteiger partial charge on any atom is 0.306 e. The Bertz CT molecular complexity index is 1110. The number of sulfone groups is 1. The van der Waals surface area contributed by atoms with Crippen molar-refractivity contribution in [1.82, 2.24) is 0 Å². The molecule has 7 heteroatoms. The highest BCUT2D eigenvalue weighted by atomic mass is 32.2. The van der Waals surface area contributed by atoms with Gasteiger partial charge in [-0.2, -0.15) is 0 Å². The van der Waals surface area contributed by atoms with E-state index < -0.39 is 21.1 Å². The molecule has 0 saturated carbocycles. The van der Waals surface area contributed by atoms with Gasteiger partial charge in [0.05, 0.1) is 24.0 Å². The van der Waals surface area contributed by atoms with Crippen LogP contribution in [0.1, 0.15) is 90.8 Å². The summed E-state index contributed by atoms with van der Waals surface area (Å²) in [6.45, 7) is 9.74. The molecule has 0 amide bonds. The molecule has 1 aliphatic rings. The van der Waals surface area contributed by atoms with E-state index in [1.54, 1.807) is 30.4 Å². The molecule has 0 aliphatic heterocycles. The lowest BCUT2D eigenvalue weighted by atomic mass is 9.92. The number of unbranched alkanes of at least 4 members (excludes halogenated alkanes) is 1. The van der Waals surface area contributed by atoms with Crippen LogP contribution < -0.4 is 0 Å². The number of Topliss-reactive ketones (excluding diaryl/α,β-unsaturated/α-hetero) is 2. The molecular formula is C28H36O6S. The van der Waals surface area contributed by atoms with Crippen LogP contribution >= 0.6 is 0 Å². The highest BCUT2D eigenvalue weighted by Gasteiger charge is 2.27. The number of fused-ring (bicyclic) bond motifs is 1. The van der Waals surface area contributed by atoms with E-state index in [0.29, 0.717) is 12.2 Å². The quantitative estimate of drug-likeness (QED) is 0.284. The number of hydrogen-bond acceptors (Lipinski definition) is 6. The predicted octanol–water partition coefficient (Wildman–Crippen LogP) is 5.75. The van der Waals surface area contributed by atoms with E-state index in [2.05, 4.69) is 13.5 Å². The van der Waals surface area contributed by atoms with Crippen LogP contribution in [0.5, 0.6) is 0 Å². The van der Waals surface area contributed by atoms with Gasteiger partial charge in [-0.15, -0.1) is 0 Å². The van der Waals surface area contributed by atoms with Crippen LogP contribution in [0.2, 0.25) is 0 Å². The third-order valence-electron chi connectivity index (χ3n) is 6.35. The van der Waals surface area contributed by atoms with E-state index in [9.17, 15) is 22.8 Å². The van der Waals surface area contributed by atoms with Gasteiger partial charge in [0.2, 0.25) is 0 Å². The molecule has 1 aliphatic carbocycles. The van der Waals surface area contributed by atoms with Crippen LogP contribution in [0.3, 0.4) is 0 Å². The number of ether oxygens (including phenoxy) is 1. The van der Waals surface area contributed by atoms with Crippen molar-refractivity contribution < 1.29 is 27.5 Å². The second-order valence-corrected chi connectivity index (χ2v) is 11.4. The molecule has 2 atom stereocenters. The van der Waals surface area contributed by atoms with Gasteiger partial charge in [-0.25, -0.2) is 8.42 Å².